The molecule has 0 aliphatic heterocycles. The van der Waals surface area contributed by atoms with E-state index in [4.69, 9.17) is 9.47 Å². The average Bonchev–Trinajstić information content (AvgIpc) is 2.82. The number of pyridine rings is 1. The van der Waals surface area contributed by atoms with Crippen molar-refractivity contribution in [2.24, 2.45) is 0 Å². The monoisotopic (exact) mass is 290 g/mol. The number of carbonyl (C=O) groups excluding carboxylic acids is 2. The van der Waals surface area contributed by atoms with Crippen molar-refractivity contribution in [3.63, 3.8) is 0 Å². The van der Waals surface area contributed by atoms with Crippen molar-refractivity contribution in [2.75, 3.05) is 6.61 Å². The zero-order valence-corrected chi connectivity index (χ0v) is 12.4. The lowest BCUT2D eigenvalue weighted by atomic mass is 10.2. The quantitative estimate of drug-likeness (QED) is 0.790. The molecule has 0 aliphatic carbocycles. The smallest absolute Gasteiger partial charge is 0.356 e. The van der Waals surface area contributed by atoms with Crippen molar-refractivity contribution in [3.05, 3.63) is 29.7 Å². The first-order valence-corrected chi connectivity index (χ1v) is 6.85. The first-order chi connectivity index (χ1) is 10.1. The molecule has 2 rings (SSSR count). The minimum Gasteiger partial charge on any atom is -0.461 e. The van der Waals surface area contributed by atoms with Gasteiger partial charge in [-0.05, 0) is 19.9 Å². The van der Waals surface area contributed by atoms with E-state index in [1.807, 2.05) is 17.7 Å². The molecule has 0 radical (unpaired) electrons. The number of hydrogen-bond donors (Lipinski definition) is 0. The van der Waals surface area contributed by atoms with Gasteiger partial charge in [0.2, 0.25) is 0 Å². The molecular weight excluding hydrogens is 272 g/mol. The summed E-state index contributed by atoms with van der Waals surface area (Å²) in [7, 11) is 0. The Kier molecular flexibility index (Phi) is 4.57. The van der Waals surface area contributed by atoms with Gasteiger partial charge in [0, 0.05) is 36.8 Å². The fraction of sp³-hybridized carbons (Fsp3) is 0.400. The van der Waals surface area contributed by atoms with Crippen LogP contribution in [-0.2, 0) is 27.4 Å². The molecule has 0 bridgehead atoms. The molecule has 6 nitrogen and oxygen atoms in total. The number of esters is 2. The Bertz CT molecular complexity index is 676. The summed E-state index contributed by atoms with van der Waals surface area (Å²) >= 11 is 0. The van der Waals surface area contributed by atoms with Gasteiger partial charge < -0.3 is 14.0 Å². The van der Waals surface area contributed by atoms with Crippen LogP contribution in [0.1, 0.15) is 36.8 Å². The van der Waals surface area contributed by atoms with Crippen LogP contribution < -0.4 is 0 Å². The zero-order valence-electron chi connectivity index (χ0n) is 12.4. The number of aromatic nitrogens is 2. The van der Waals surface area contributed by atoms with Crippen LogP contribution in [0, 0.1) is 0 Å². The molecule has 0 aliphatic rings. The first-order valence-electron chi connectivity index (χ1n) is 6.85. The Hall–Kier alpha value is -2.37. The van der Waals surface area contributed by atoms with E-state index in [0.717, 1.165) is 23.0 Å². The van der Waals surface area contributed by atoms with E-state index < -0.39 is 5.97 Å². The predicted molar refractivity (Wildman–Crippen MR) is 76.8 cm³/mol. The summed E-state index contributed by atoms with van der Waals surface area (Å²) in [5, 5.41) is 0.867. The highest BCUT2D eigenvalue weighted by atomic mass is 16.5. The molecule has 0 spiro atoms. The number of hydrogen-bond acceptors (Lipinski definition) is 5. The lowest BCUT2D eigenvalue weighted by molar-refractivity contribution is -0.142. The molecule has 112 valence electrons. The van der Waals surface area contributed by atoms with Crippen molar-refractivity contribution < 1.29 is 19.1 Å². The molecule has 0 fully saturated rings. The van der Waals surface area contributed by atoms with Gasteiger partial charge in [0.15, 0.2) is 0 Å². The number of fused-ring (bicyclic) bond motifs is 1. The Morgan fingerprint density at radius 3 is 2.67 bits per heavy atom. The summed E-state index contributed by atoms with van der Waals surface area (Å²) in [4.78, 5) is 26.8. The summed E-state index contributed by atoms with van der Waals surface area (Å²) in [6, 6.07) is 1.70. The van der Waals surface area contributed by atoms with Crippen LogP contribution in [0.2, 0.25) is 0 Å². The molecule has 2 heterocycles. The minimum atomic E-state index is -0.440. The van der Waals surface area contributed by atoms with E-state index in [2.05, 4.69) is 4.98 Å². The van der Waals surface area contributed by atoms with Crippen molar-refractivity contribution in [1.82, 2.24) is 9.55 Å². The maximum Gasteiger partial charge on any atom is 0.356 e. The third-order valence-electron chi connectivity index (χ3n) is 3.11. The normalized spacial score (nSPS) is 10.6. The SMILES string of the molecule is CCOC(=O)c1cc2c(cn1)c(COC(C)=O)cn2CC. The zero-order chi connectivity index (χ0) is 15.4. The van der Waals surface area contributed by atoms with E-state index in [-0.39, 0.29) is 18.3 Å². The largest absolute Gasteiger partial charge is 0.461 e. The summed E-state index contributed by atoms with van der Waals surface area (Å²) in [6.45, 7) is 6.37. The third-order valence-corrected chi connectivity index (χ3v) is 3.11. The van der Waals surface area contributed by atoms with Crippen molar-refractivity contribution >= 4 is 22.8 Å². The van der Waals surface area contributed by atoms with Crippen LogP contribution in [0.25, 0.3) is 10.9 Å². The molecule has 2 aromatic rings. The lowest BCUT2D eigenvalue weighted by Gasteiger charge is -2.03. The van der Waals surface area contributed by atoms with E-state index >= 15 is 0 Å². The topological polar surface area (TPSA) is 70.4 Å². The van der Waals surface area contributed by atoms with E-state index in [1.54, 1.807) is 19.2 Å². The summed E-state index contributed by atoms with van der Waals surface area (Å²) in [5.74, 6) is -0.770. The number of aryl methyl sites for hydroxylation is 1. The Balaban J connectivity index is 2.41. The van der Waals surface area contributed by atoms with Crippen LogP contribution in [0.5, 0.6) is 0 Å². The van der Waals surface area contributed by atoms with Crippen LogP contribution in [0.15, 0.2) is 18.5 Å². The van der Waals surface area contributed by atoms with Gasteiger partial charge in [0.1, 0.15) is 12.3 Å². The molecule has 6 heteroatoms. The molecule has 2 aromatic heterocycles. The van der Waals surface area contributed by atoms with Crippen LogP contribution in [0.4, 0.5) is 0 Å². The van der Waals surface area contributed by atoms with Crippen molar-refractivity contribution in [3.8, 4) is 0 Å². The average molecular weight is 290 g/mol. The maximum atomic E-state index is 11.7. The second-order valence-corrected chi connectivity index (χ2v) is 4.53. The maximum absolute atomic E-state index is 11.7. The molecule has 0 saturated carbocycles. The molecule has 0 atom stereocenters. The fourth-order valence-corrected chi connectivity index (χ4v) is 2.13. The second-order valence-electron chi connectivity index (χ2n) is 4.53. The van der Waals surface area contributed by atoms with E-state index in [9.17, 15) is 9.59 Å². The minimum absolute atomic E-state index is 0.194. The fourth-order valence-electron chi connectivity index (χ4n) is 2.13. The van der Waals surface area contributed by atoms with Crippen LogP contribution in [0.3, 0.4) is 0 Å². The second kappa shape index (κ2) is 6.39. The highest BCUT2D eigenvalue weighted by Crippen LogP contribution is 2.22. The highest BCUT2D eigenvalue weighted by molar-refractivity contribution is 5.93. The van der Waals surface area contributed by atoms with Crippen LogP contribution >= 0.6 is 0 Å². The first kappa shape index (κ1) is 15.0. The van der Waals surface area contributed by atoms with E-state index in [1.165, 1.54) is 6.92 Å². The van der Waals surface area contributed by atoms with Gasteiger partial charge in [0.25, 0.3) is 0 Å². The van der Waals surface area contributed by atoms with Crippen molar-refractivity contribution in [1.29, 1.82) is 0 Å². The van der Waals surface area contributed by atoms with Gasteiger partial charge in [0.05, 0.1) is 12.1 Å². The predicted octanol–water partition coefficient (Wildman–Crippen LogP) is 2.30. The number of carbonyl (C=O) groups is 2. The Morgan fingerprint density at radius 2 is 2.05 bits per heavy atom. The summed E-state index contributed by atoms with van der Waals surface area (Å²) < 4.78 is 12.0. The van der Waals surface area contributed by atoms with E-state index in [0.29, 0.717) is 6.61 Å². The molecule has 0 saturated heterocycles. The van der Waals surface area contributed by atoms with Gasteiger partial charge in [-0.2, -0.15) is 0 Å². The van der Waals surface area contributed by atoms with Gasteiger partial charge >= 0.3 is 11.9 Å². The summed E-state index contributed by atoms with van der Waals surface area (Å²) in [6.07, 6.45) is 3.52. The van der Waals surface area contributed by atoms with Crippen LogP contribution in [-0.4, -0.2) is 28.1 Å². The highest BCUT2D eigenvalue weighted by Gasteiger charge is 2.14. The number of nitrogens with zero attached hydrogens (tertiary/aromatic N) is 2. The Morgan fingerprint density at radius 1 is 1.29 bits per heavy atom. The number of ether oxygens (including phenoxy) is 2. The molecule has 0 N–H and O–H groups in total. The van der Waals surface area contributed by atoms with Gasteiger partial charge in [-0.1, -0.05) is 0 Å². The molecular formula is C15H18N2O4. The molecule has 0 aromatic carbocycles. The van der Waals surface area contributed by atoms with Gasteiger partial charge in [-0.25, -0.2) is 9.78 Å². The number of rotatable bonds is 5. The van der Waals surface area contributed by atoms with Gasteiger partial charge in [-0.15, -0.1) is 0 Å². The standard InChI is InChI=1S/C15H18N2O4/c1-4-17-8-11(9-21-10(3)18)12-7-16-13(6-14(12)17)15(19)20-5-2/h6-8H,4-5,9H2,1-3H3. The third kappa shape index (κ3) is 3.21. The van der Waals surface area contributed by atoms with Gasteiger partial charge in [-0.3, -0.25) is 4.79 Å². The summed E-state index contributed by atoms with van der Waals surface area (Å²) in [5.41, 5.74) is 2.01. The lowest BCUT2D eigenvalue weighted by Crippen LogP contribution is -2.07. The van der Waals surface area contributed by atoms with Crippen molar-refractivity contribution in [2.45, 2.75) is 33.9 Å². The Labute approximate surface area is 122 Å². The molecule has 21 heavy (non-hydrogen) atoms. The molecule has 0 unspecified atom stereocenters. The molecule has 0 amide bonds.